The van der Waals surface area contributed by atoms with Gasteiger partial charge in [-0.05, 0) is 42.5 Å². The molecule has 0 spiro atoms. The molecule has 0 aliphatic carbocycles. The van der Waals surface area contributed by atoms with Crippen LogP contribution in [-0.2, 0) is 20.5 Å². The molecule has 0 fully saturated rings. The number of hydrogen-bond donors (Lipinski definition) is 1. The van der Waals surface area contributed by atoms with E-state index < -0.39 is 35.6 Å². The highest BCUT2D eigenvalue weighted by Gasteiger charge is 2.30. The number of carbonyl (C=O) groups is 3. The molecule has 166 valence electrons. The lowest BCUT2D eigenvalue weighted by Gasteiger charge is -2.16. The number of amides is 1. The second kappa shape index (κ2) is 9.63. The first-order chi connectivity index (χ1) is 14.4. The van der Waals surface area contributed by atoms with Gasteiger partial charge in [0.25, 0.3) is 5.91 Å². The van der Waals surface area contributed by atoms with Gasteiger partial charge in [-0.1, -0.05) is 26.8 Å². The Hall–Kier alpha value is -3.36. The molecule has 0 unspecified atom stereocenters. The van der Waals surface area contributed by atoms with Crippen molar-refractivity contribution in [3.05, 3.63) is 59.7 Å². The van der Waals surface area contributed by atoms with E-state index in [1.54, 1.807) is 20.8 Å². The second-order valence-electron chi connectivity index (χ2n) is 7.69. The molecule has 1 amide bonds. The van der Waals surface area contributed by atoms with Gasteiger partial charge in [-0.15, -0.1) is 0 Å². The van der Waals surface area contributed by atoms with E-state index in [0.29, 0.717) is 0 Å². The Balaban J connectivity index is 1.86. The van der Waals surface area contributed by atoms with Crippen LogP contribution in [0.2, 0.25) is 0 Å². The minimum Gasteiger partial charge on any atom is -0.484 e. The highest BCUT2D eigenvalue weighted by atomic mass is 19.4. The third-order valence-electron chi connectivity index (χ3n) is 4.10. The summed E-state index contributed by atoms with van der Waals surface area (Å²) < 4.78 is 48.4. The van der Waals surface area contributed by atoms with E-state index >= 15 is 0 Å². The number of halogens is 3. The molecule has 0 aliphatic rings. The molecule has 2 rings (SSSR count). The van der Waals surface area contributed by atoms with E-state index in [1.807, 2.05) is 0 Å². The number of anilines is 1. The van der Waals surface area contributed by atoms with Crippen LogP contribution in [0.5, 0.6) is 5.75 Å². The van der Waals surface area contributed by atoms with Gasteiger partial charge in [0.15, 0.2) is 19.0 Å². The number of nitrogens with one attached hydrogen (secondary N) is 1. The fraction of sp³-hybridized carbons (Fsp3) is 0.318. The molecule has 0 atom stereocenters. The lowest BCUT2D eigenvalue weighted by molar-refractivity contribution is -0.137. The van der Waals surface area contributed by atoms with Crippen LogP contribution in [-0.4, -0.2) is 30.9 Å². The fourth-order valence-electron chi connectivity index (χ4n) is 2.24. The van der Waals surface area contributed by atoms with E-state index in [2.05, 4.69) is 5.32 Å². The number of hydrogen-bond acceptors (Lipinski definition) is 5. The third kappa shape index (κ3) is 7.44. The minimum absolute atomic E-state index is 0.00803. The predicted molar refractivity (Wildman–Crippen MR) is 107 cm³/mol. The average molecular weight is 437 g/mol. The van der Waals surface area contributed by atoms with Crippen molar-refractivity contribution in [2.45, 2.75) is 26.9 Å². The number of Topliss-reactive ketones (excluding diaryl/α,β-unsaturated/α-hetero) is 1. The van der Waals surface area contributed by atoms with Gasteiger partial charge >= 0.3 is 12.1 Å². The van der Waals surface area contributed by atoms with E-state index in [0.717, 1.165) is 12.1 Å². The zero-order chi connectivity index (χ0) is 23.2. The Bertz CT molecular complexity index is 947. The summed E-state index contributed by atoms with van der Waals surface area (Å²) in [5, 5.41) is 2.32. The number of carbonyl (C=O) groups excluding carboxylic acids is 3. The standard InChI is InChI=1S/C22H22F3NO5/c1-21(2,3)18(27)12-31-20(29)14-7-9-17(10-8-14)30-13-19(28)26-16-6-4-5-15(11-16)22(23,24)25/h4-11H,12-13H2,1-3H3,(H,26,28). The maximum Gasteiger partial charge on any atom is 0.416 e. The molecule has 9 heteroatoms. The van der Waals surface area contributed by atoms with Gasteiger partial charge in [0.05, 0.1) is 11.1 Å². The van der Waals surface area contributed by atoms with Crippen LogP contribution in [0.25, 0.3) is 0 Å². The summed E-state index contributed by atoms with van der Waals surface area (Å²) in [4.78, 5) is 35.7. The van der Waals surface area contributed by atoms with Crippen molar-refractivity contribution in [2.24, 2.45) is 5.41 Å². The SMILES string of the molecule is CC(C)(C)C(=O)COC(=O)c1ccc(OCC(=O)Nc2cccc(C(F)(F)F)c2)cc1. The average Bonchev–Trinajstić information content (AvgIpc) is 2.69. The lowest BCUT2D eigenvalue weighted by atomic mass is 9.91. The maximum atomic E-state index is 12.7. The molecule has 0 bridgehead atoms. The van der Waals surface area contributed by atoms with E-state index in [-0.39, 0.29) is 29.4 Å². The topological polar surface area (TPSA) is 81.7 Å². The first kappa shape index (κ1) is 23.9. The molecule has 2 aromatic rings. The van der Waals surface area contributed by atoms with Crippen molar-refractivity contribution >= 4 is 23.3 Å². The fourth-order valence-corrected chi connectivity index (χ4v) is 2.24. The van der Waals surface area contributed by atoms with Gasteiger partial charge in [0.1, 0.15) is 5.75 Å². The molecule has 1 N–H and O–H groups in total. The third-order valence-corrected chi connectivity index (χ3v) is 4.10. The Kier molecular flexibility index (Phi) is 7.43. The van der Waals surface area contributed by atoms with Crippen molar-refractivity contribution < 1.29 is 37.0 Å². The summed E-state index contributed by atoms with van der Waals surface area (Å²) in [6.07, 6.45) is -4.51. The summed E-state index contributed by atoms with van der Waals surface area (Å²) in [6, 6.07) is 9.91. The molecule has 0 radical (unpaired) electrons. The van der Waals surface area contributed by atoms with Crippen molar-refractivity contribution in [3.8, 4) is 5.75 Å². The second-order valence-corrected chi connectivity index (χ2v) is 7.69. The molecule has 31 heavy (non-hydrogen) atoms. The monoisotopic (exact) mass is 437 g/mol. The number of esters is 1. The first-order valence-corrected chi connectivity index (χ1v) is 9.26. The number of ketones is 1. The van der Waals surface area contributed by atoms with Crippen molar-refractivity contribution in [1.82, 2.24) is 0 Å². The number of rotatable bonds is 7. The first-order valence-electron chi connectivity index (χ1n) is 9.26. The number of benzene rings is 2. The molecule has 0 aliphatic heterocycles. The minimum atomic E-state index is -4.51. The van der Waals surface area contributed by atoms with Gasteiger partial charge in [0.2, 0.25) is 0 Å². The number of ether oxygens (including phenoxy) is 2. The highest BCUT2D eigenvalue weighted by Crippen LogP contribution is 2.30. The quantitative estimate of drug-likeness (QED) is 0.646. The summed E-state index contributed by atoms with van der Waals surface area (Å²) in [6.45, 7) is 4.38. The van der Waals surface area contributed by atoms with E-state index in [4.69, 9.17) is 9.47 Å². The van der Waals surface area contributed by atoms with Crippen LogP contribution in [0.4, 0.5) is 18.9 Å². The molecule has 0 aromatic heterocycles. The summed E-state index contributed by atoms with van der Waals surface area (Å²) in [5.74, 6) is -1.27. The summed E-state index contributed by atoms with van der Waals surface area (Å²) >= 11 is 0. The van der Waals surface area contributed by atoms with Crippen LogP contribution in [0.3, 0.4) is 0 Å². The van der Waals surface area contributed by atoms with Crippen molar-refractivity contribution in [1.29, 1.82) is 0 Å². The van der Waals surface area contributed by atoms with Gasteiger partial charge in [-0.2, -0.15) is 13.2 Å². The largest absolute Gasteiger partial charge is 0.484 e. The molecular formula is C22H22F3NO5. The van der Waals surface area contributed by atoms with E-state index in [9.17, 15) is 27.6 Å². The summed E-state index contributed by atoms with van der Waals surface area (Å²) in [5.41, 5.74) is -1.31. The molecule has 2 aromatic carbocycles. The van der Waals surface area contributed by atoms with Crippen LogP contribution < -0.4 is 10.1 Å². The molecule has 0 saturated heterocycles. The van der Waals surface area contributed by atoms with Crippen LogP contribution in [0.15, 0.2) is 48.5 Å². The van der Waals surface area contributed by atoms with Gasteiger partial charge < -0.3 is 14.8 Å². The van der Waals surface area contributed by atoms with Crippen LogP contribution in [0.1, 0.15) is 36.7 Å². The smallest absolute Gasteiger partial charge is 0.416 e. The van der Waals surface area contributed by atoms with Gasteiger partial charge in [-0.3, -0.25) is 9.59 Å². The van der Waals surface area contributed by atoms with Crippen LogP contribution >= 0.6 is 0 Å². The number of alkyl halides is 3. The molecular weight excluding hydrogens is 415 g/mol. The predicted octanol–water partition coefficient (Wildman–Crippen LogP) is 4.49. The van der Waals surface area contributed by atoms with Crippen LogP contribution in [0, 0.1) is 5.41 Å². The van der Waals surface area contributed by atoms with E-state index in [1.165, 1.54) is 36.4 Å². The Morgan fingerprint density at radius 3 is 2.16 bits per heavy atom. The Morgan fingerprint density at radius 1 is 0.935 bits per heavy atom. The summed E-state index contributed by atoms with van der Waals surface area (Å²) in [7, 11) is 0. The Labute approximate surface area is 177 Å². The van der Waals surface area contributed by atoms with Crippen molar-refractivity contribution in [2.75, 3.05) is 18.5 Å². The Morgan fingerprint density at radius 2 is 1.58 bits per heavy atom. The molecule has 0 saturated carbocycles. The van der Waals surface area contributed by atoms with Gasteiger partial charge in [0, 0.05) is 11.1 Å². The molecule has 6 nitrogen and oxygen atoms in total. The molecule has 0 heterocycles. The zero-order valence-electron chi connectivity index (χ0n) is 17.2. The lowest BCUT2D eigenvalue weighted by Crippen LogP contribution is -2.26. The van der Waals surface area contributed by atoms with Gasteiger partial charge in [-0.25, -0.2) is 4.79 Å². The normalized spacial score (nSPS) is 11.5. The van der Waals surface area contributed by atoms with Crippen molar-refractivity contribution in [3.63, 3.8) is 0 Å². The maximum absolute atomic E-state index is 12.7. The zero-order valence-corrected chi connectivity index (χ0v) is 17.2. The highest BCUT2D eigenvalue weighted by molar-refractivity contribution is 5.93.